The summed E-state index contributed by atoms with van der Waals surface area (Å²) in [5.41, 5.74) is 3.05. The minimum atomic E-state index is 0.520. The Morgan fingerprint density at radius 3 is 2.65 bits per heavy atom. The lowest BCUT2D eigenvalue weighted by atomic mass is 10.1. The molecule has 0 saturated heterocycles. The molecular formula is C16H9ClN2O. The average molecular weight is 281 g/mol. The number of fused-ring (bicyclic) bond motifs is 1. The van der Waals surface area contributed by atoms with Crippen molar-refractivity contribution in [2.24, 2.45) is 0 Å². The van der Waals surface area contributed by atoms with Crippen molar-refractivity contribution in [2.75, 3.05) is 0 Å². The van der Waals surface area contributed by atoms with E-state index < -0.39 is 0 Å². The Morgan fingerprint density at radius 1 is 1.10 bits per heavy atom. The van der Waals surface area contributed by atoms with Crippen LogP contribution in [0.3, 0.4) is 0 Å². The number of nitrogens with zero attached hydrogens (tertiary/aromatic N) is 2. The predicted octanol–water partition coefficient (Wildman–Crippen LogP) is 4.52. The van der Waals surface area contributed by atoms with Gasteiger partial charge >= 0.3 is 0 Å². The maximum absolute atomic E-state index is 8.74. The molecule has 0 N–H and O–H groups in total. The average Bonchev–Trinajstić information content (AvgIpc) is 2.87. The minimum absolute atomic E-state index is 0.520. The number of benzene rings is 2. The second kappa shape index (κ2) is 5.20. The molecule has 0 saturated carbocycles. The summed E-state index contributed by atoms with van der Waals surface area (Å²) in [6.45, 7) is 0. The van der Waals surface area contributed by atoms with Gasteiger partial charge in [0, 0.05) is 11.1 Å². The lowest BCUT2D eigenvalue weighted by Gasteiger charge is -1.91. The fraction of sp³-hybridized carbons (Fsp3) is 0. The summed E-state index contributed by atoms with van der Waals surface area (Å²) >= 11 is 5.90. The van der Waals surface area contributed by atoms with Crippen LogP contribution in [0.15, 0.2) is 46.9 Å². The van der Waals surface area contributed by atoms with Crippen LogP contribution < -0.4 is 0 Å². The van der Waals surface area contributed by atoms with E-state index in [2.05, 4.69) is 11.1 Å². The predicted molar refractivity (Wildman–Crippen MR) is 79.1 cm³/mol. The van der Waals surface area contributed by atoms with Crippen molar-refractivity contribution in [2.45, 2.75) is 0 Å². The molecule has 0 atom stereocenters. The second-order valence-electron chi connectivity index (χ2n) is 4.23. The minimum Gasteiger partial charge on any atom is -0.437 e. The van der Waals surface area contributed by atoms with Crippen molar-refractivity contribution in [3.63, 3.8) is 0 Å². The highest BCUT2D eigenvalue weighted by Gasteiger charge is 2.03. The van der Waals surface area contributed by atoms with Crippen LogP contribution in [0.1, 0.15) is 17.0 Å². The summed E-state index contributed by atoms with van der Waals surface area (Å²) in [4.78, 5) is 4.33. The first-order chi connectivity index (χ1) is 9.74. The molecule has 2 aromatic carbocycles. The number of hydrogen-bond acceptors (Lipinski definition) is 3. The van der Waals surface area contributed by atoms with Gasteiger partial charge in [0.25, 0.3) is 0 Å². The molecule has 1 heterocycles. The van der Waals surface area contributed by atoms with E-state index in [1.165, 1.54) is 0 Å². The van der Waals surface area contributed by atoms with Gasteiger partial charge < -0.3 is 4.42 Å². The molecule has 3 nitrogen and oxygen atoms in total. The fourth-order valence-corrected chi connectivity index (χ4v) is 1.99. The summed E-state index contributed by atoms with van der Waals surface area (Å²) < 4.78 is 5.58. The molecule has 0 aliphatic carbocycles. The molecule has 0 spiro atoms. The largest absolute Gasteiger partial charge is 0.437 e. The topological polar surface area (TPSA) is 49.8 Å². The zero-order valence-electron chi connectivity index (χ0n) is 10.4. The molecule has 0 aliphatic heterocycles. The van der Waals surface area contributed by atoms with Crippen LogP contribution in [0, 0.1) is 11.3 Å². The molecule has 0 radical (unpaired) electrons. The first kappa shape index (κ1) is 12.5. The Labute approximate surface area is 120 Å². The molecule has 3 aromatic rings. The maximum Gasteiger partial charge on any atom is 0.220 e. The lowest BCUT2D eigenvalue weighted by Crippen LogP contribution is -1.75. The monoisotopic (exact) mass is 280 g/mol. The highest BCUT2D eigenvalue weighted by molar-refractivity contribution is 6.31. The molecule has 4 heteroatoms. The molecule has 1 aromatic heterocycles. The lowest BCUT2D eigenvalue weighted by molar-refractivity contribution is 0.590. The van der Waals surface area contributed by atoms with Crippen molar-refractivity contribution in [1.82, 2.24) is 4.98 Å². The van der Waals surface area contributed by atoms with Crippen LogP contribution in [-0.2, 0) is 0 Å². The van der Waals surface area contributed by atoms with E-state index >= 15 is 0 Å². The van der Waals surface area contributed by atoms with Gasteiger partial charge in [-0.3, -0.25) is 0 Å². The van der Waals surface area contributed by atoms with Crippen LogP contribution >= 0.6 is 11.6 Å². The molecule has 0 bridgehead atoms. The first-order valence-corrected chi connectivity index (χ1v) is 6.37. The third kappa shape index (κ3) is 2.56. The SMILES string of the molecule is N#Cc1ccc(/C=C/c2nc3cc(Cl)ccc3o2)cc1. The summed E-state index contributed by atoms with van der Waals surface area (Å²) in [6.07, 6.45) is 3.67. The van der Waals surface area contributed by atoms with Gasteiger partial charge in [-0.05, 0) is 42.0 Å². The Morgan fingerprint density at radius 2 is 1.90 bits per heavy atom. The van der Waals surface area contributed by atoms with Gasteiger partial charge in [-0.2, -0.15) is 5.26 Å². The highest BCUT2D eigenvalue weighted by atomic mass is 35.5. The van der Waals surface area contributed by atoms with E-state index in [9.17, 15) is 0 Å². The smallest absolute Gasteiger partial charge is 0.220 e. The summed E-state index contributed by atoms with van der Waals surface area (Å²) in [6, 6.07) is 14.7. The van der Waals surface area contributed by atoms with Crippen LogP contribution in [0.5, 0.6) is 0 Å². The molecule has 20 heavy (non-hydrogen) atoms. The van der Waals surface area contributed by atoms with Gasteiger partial charge in [-0.25, -0.2) is 4.98 Å². The molecule has 3 rings (SSSR count). The summed E-state index contributed by atoms with van der Waals surface area (Å²) in [5, 5.41) is 9.37. The van der Waals surface area contributed by atoms with Crippen LogP contribution in [0.2, 0.25) is 5.02 Å². The van der Waals surface area contributed by atoms with Crippen molar-refractivity contribution >= 4 is 34.9 Å². The van der Waals surface area contributed by atoms with E-state index in [-0.39, 0.29) is 0 Å². The van der Waals surface area contributed by atoms with Crippen molar-refractivity contribution in [1.29, 1.82) is 5.26 Å². The standard InChI is InChI=1S/C16H9ClN2O/c17-13-6-7-15-14(9-13)19-16(20-15)8-5-11-1-3-12(10-18)4-2-11/h1-9H/b8-5+. The second-order valence-corrected chi connectivity index (χ2v) is 4.67. The Bertz CT molecular complexity index is 826. The quantitative estimate of drug-likeness (QED) is 0.693. The Hall–Kier alpha value is -2.57. The number of aromatic nitrogens is 1. The number of nitriles is 1. The van der Waals surface area contributed by atoms with E-state index in [1.807, 2.05) is 18.2 Å². The number of halogens is 1. The van der Waals surface area contributed by atoms with E-state index in [0.717, 1.165) is 11.1 Å². The number of hydrogen-bond donors (Lipinski definition) is 0. The van der Waals surface area contributed by atoms with Gasteiger partial charge in [-0.1, -0.05) is 23.7 Å². The fourth-order valence-electron chi connectivity index (χ4n) is 1.83. The molecule has 0 amide bonds. The van der Waals surface area contributed by atoms with Gasteiger partial charge in [0.05, 0.1) is 11.6 Å². The van der Waals surface area contributed by atoms with Crippen LogP contribution in [-0.4, -0.2) is 4.98 Å². The van der Waals surface area contributed by atoms with Gasteiger partial charge in [0.2, 0.25) is 5.89 Å². The zero-order valence-corrected chi connectivity index (χ0v) is 11.1. The van der Waals surface area contributed by atoms with E-state index in [1.54, 1.807) is 36.4 Å². The third-order valence-corrected chi connectivity index (χ3v) is 3.06. The third-order valence-electron chi connectivity index (χ3n) is 2.82. The van der Waals surface area contributed by atoms with Gasteiger partial charge in [-0.15, -0.1) is 0 Å². The van der Waals surface area contributed by atoms with Crippen molar-refractivity contribution in [3.8, 4) is 6.07 Å². The number of rotatable bonds is 2. The maximum atomic E-state index is 8.74. The van der Waals surface area contributed by atoms with Gasteiger partial charge in [0.15, 0.2) is 5.58 Å². The normalized spacial score (nSPS) is 11.0. The molecule has 96 valence electrons. The van der Waals surface area contributed by atoms with Crippen molar-refractivity contribution < 1.29 is 4.42 Å². The first-order valence-electron chi connectivity index (χ1n) is 5.99. The molecule has 0 fully saturated rings. The van der Waals surface area contributed by atoms with Crippen molar-refractivity contribution in [3.05, 3.63) is 64.5 Å². The van der Waals surface area contributed by atoms with Crippen LogP contribution in [0.4, 0.5) is 0 Å². The molecule has 0 unspecified atom stereocenters. The van der Waals surface area contributed by atoms with E-state index in [0.29, 0.717) is 22.1 Å². The van der Waals surface area contributed by atoms with Gasteiger partial charge in [0.1, 0.15) is 5.52 Å². The summed E-state index contributed by atoms with van der Waals surface area (Å²) in [7, 11) is 0. The Kier molecular flexibility index (Phi) is 3.24. The highest BCUT2D eigenvalue weighted by Crippen LogP contribution is 2.21. The summed E-state index contributed by atoms with van der Waals surface area (Å²) in [5.74, 6) is 0.520. The molecular weight excluding hydrogens is 272 g/mol. The number of oxazole rings is 1. The van der Waals surface area contributed by atoms with Crippen LogP contribution in [0.25, 0.3) is 23.3 Å². The zero-order chi connectivity index (χ0) is 13.9. The molecule has 0 aliphatic rings. The Balaban J connectivity index is 1.88. The van der Waals surface area contributed by atoms with E-state index in [4.69, 9.17) is 21.3 Å².